The highest BCUT2D eigenvalue weighted by atomic mass is 35.5. The molecule has 2 heterocycles. The normalized spacial score (nSPS) is 14.5. The van der Waals surface area contributed by atoms with Gasteiger partial charge >= 0.3 is 0 Å². The third-order valence-electron chi connectivity index (χ3n) is 5.86. The zero-order chi connectivity index (χ0) is 22.2. The minimum Gasteiger partial charge on any atom is -0.342 e. The summed E-state index contributed by atoms with van der Waals surface area (Å²) in [5, 5.41) is 2.21. The number of hydrogen-bond acceptors (Lipinski definition) is 1. The van der Waals surface area contributed by atoms with Gasteiger partial charge in [-0.05, 0) is 42.3 Å². The Morgan fingerprint density at radius 2 is 1.72 bits per heavy atom. The average Bonchev–Trinajstić information content (AvgIpc) is 3.27. The van der Waals surface area contributed by atoms with Crippen LogP contribution < -0.4 is 4.90 Å². The number of nitrogens with zero attached hydrogens (tertiary/aromatic N) is 2. The zero-order valence-corrected chi connectivity index (χ0v) is 19.2. The molecule has 5 heteroatoms. The van der Waals surface area contributed by atoms with Gasteiger partial charge in [0, 0.05) is 46.9 Å². The summed E-state index contributed by atoms with van der Waals surface area (Å²) in [6, 6.07) is 22.0. The molecule has 0 radical (unpaired) electrons. The maximum absolute atomic E-state index is 13.3. The molecule has 4 aromatic rings. The van der Waals surface area contributed by atoms with Gasteiger partial charge in [-0.15, -0.1) is 0 Å². The lowest BCUT2D eigenvalue weighted by molar-refractivity contribution is -0.113. The fraction of sp³-hybridized carbons (Fsp3) is 0.148. The third-order valence-corrected chi connectivity index (χ3v) is 6.60. The molecular formula is C27H22Cl2N2O. The minimum absolute atomic E-state index is 0.0642. The Morgan fingerprint density at radius 3 is 2.53 bits per heavy atom. The predicted octanol–water partition coefficient (Wildman–Crippen LogP) is 7.29. The summed E-state index contributed by atoms with van der Waals surface area (Å²) in [7, 11) is 0. The second-order valence-electron chi connectivity index (χ2n) is 8.01. The molecular weight excluding hydrogens is 439 g/mol. The average molecular weight is 461 g/mol. The lowest BCUT2D eigenvalue weighted by atomic mass is 10.0. The Hall–Kier alpha value is -3.01. The number of amides is 1. The van der Waals surface area contributed by atoms with E-state index in [4.69, 9.17) is 23.2 Å². The van der Waals surface area contributed by atoms with Crippen LogP contribution in [-0.2, 0) is 11.3 Å². The van der Waals surface area contributed by atoms with Gasteiger partial charge in [0.05, 0.1) is 15.7 Å². The lowest BCUT2D eigenvalue weighted by Crippen LogP contribution is -2.26. The number of fused-ring (bicyclic) bond motifs is 2. The van der Waals surface area contributed by atoms with Crippen molar-refractivity contribution in [3.05, 3.63) is 99.7 Å². The van der Waals surface area contributed by atoms with E-state index < -0.39 is 0 Å². The topological polar surface area (TPSA) is 25.2 Å². The minimum atomic E-state index is 0.0642. The van der Waals surface area contributed by atoms with Crippen LogP contribution in [0.2, 0.25) is 10.0 Å². The molecule has 3 aromatic carbocycles. The van der Waals surface area contributed by atoms with Crippen molar-refractivity contribution in [1.82, 2.24) is 4.57 Å². The van der Waals surface area contributed by atoms with Crippen molar-refractivity contribution in [3.8, 4) is 0 Å². The van der Waals surface area contributed by atoms with E-state index >= 15 is 0 Å². The van der Waals surface area contributed by atoms with Crippen molar-refractivity contribution < 1.29 is 4.79 Å². The second-order valence-corrected chi connectivity index (χ2v) is 8.82. The van der Waals surface area contributed by atoms with E-state index in [1.54, 1.807) is 0 Å². The quantitative estimate of drug-likeness (QED) is 0.287. The largest absolute Gasteiger partial charge is 0.342 e. The molecule has 0 aliphatic carbocycles. The third kappa shape index (κ3) is 3.62. The number of rotatable bonds is 5. The predicted molar refractivity (Wildman–Crippen MR) is 134 cm³/mol. The van der Waals surface area contributed by atoms with E-state index in [0.29, 0.717) is 23.1 Å². The Bertz CT molecular complexity index is 1370. The fourth-order valence-electron chi connectivity index (χ4n) is 4.40. The molecule has 1 amide bonds. The van der Waals surface area contributed by atoms with Gasteiger partial charge in [0.15, 0.2) is 0 Å². The number of aromatic nitrogens is 1. The first-order chi connectivity index (χ1) is 15.6. The zero-order valence-electron chi connectivity index (χ0n) is 17.7. The van der Waals surface area contributed by atoms with E-state index in [9.17, 15) is 4.79 Å². The number of hydrogen-bond donors (Lipinski definition) is 0. The molecule has 160 valence electrons. The van der Waals surface area contributed by atoms with Gasteiger partial charge in [-0.2, -0.15) is 0 Å². The van der Waals surface area contributed by atoms with Crippen molar-refractivity contribution in [1.29, 1.82) is 0 Å². The van der Waals surface area contributed by atoms with Gasteiger partial charge in [0.1, 0.15) is 0 Å². The molecule has 0 N–H and O–H groups in total. The van der Waals surface area contributed by atoms with Crippen molar-refractivity contribution in [3.63, 3.8) is 0 Å². The Kier molecular flexibility index (Phi) is 5.54. The lowest BCUT2D eigenvalue weighted by Gasteiger charge is -2.15. The van der Waals surface area contributed by atoms with Crippen molar-refractivity contribution >= 4 is 57.3 Å². The molecule has 5 rings (SSSR count). The maximum Gasteiger partial charge on any atom is 0.258 e. The van der Waals surface area contributed by atoms with E-state index in [1.165, 1.54) is 0 Å². The summed E-state index contributed by atoms with van der Waals surface area (Å²) in [6.45, 7) is 3.47. The van der Waals surface area contributed by atoms with Crippen LogP contribution in [0.25, 0.3) is 22.6 Å². The second kappa shape index (κ2) is 8.50. The highest BCUT2D eigenvalue weighted by Gasteiger charge is 2.31. The van der Waals surface area contributed by atoms with Gasteiger partial charge in [-0.1, -0.05) is 72.6 Å². The molecule has 1 aliphatic rings. The summed E-state index contributed by atoms with van der Waals surface area (Å²) in [5.74, 6) is 0.0642. The molecule has 0 unspecified atom stereocenters. The van der Waals surface area contributed by atoms with Crippen LogP contribution in [-0.4, -0.2) is 17.0 Å². The van der Waals surface area contributed by atoms with E-state index in [1.807, 2.05) is 65.6 Å². The molecule has 0 saturated carbocycles. The Labute approximate surface area is 197 Å². The van der Waals surface area contributed by atoms with Crippen LogP contribution in [0, 0.1) is 0 Å². The molecule has 1 aliphatic heterocycles. The van der Waals surface area contributed by atoms with Crippen LogP contribution in [0.3, 0.4) is 0 Å². The van der Waals surface area contributed by atoms with Crippen LogP contribution in [0.5, 0.6) is 0 Å². The molecule has 3 nitrogen and oxygen atoms in total. The van der Waals surface area contributed by atoms with Crippen molar-refractivity contribution in [2.24, 2.45) is 0 Å². The number of para-hydroxylation sites is 2. The molecule has 0 saturated heterocycles. The van der Waals surface area contributed by atoms with Crippen LogP contribution in [0.4, 0.5) is 5.69 Å². The van der Waals surface area contributed by atoms with Crippen molar-refractivity contribution in [2.75, 3.05) is 11.4 Å². The summed E-state index contributed by atoms with van der Waals surface area (Å²) >= 11 is 12.3. The first-order valence-corrected chi connectivity index (χ1v) is 11.5. The molecule has 0 fully saturated rings. The monoisotopic (exact) mass is 460 g/mol. The maximum atomic E-state index is 13.3. The van der Waals surface area contributed by atoms with Gasteiger partial charge < -0.3 is 9.47 Å². The highest BCUT2D eigenvalue weighted by Crippen LogP contribution is 2.38. The first kappa shape index (κ1) is 20.9. The van der Waals surface area contributed by atoms with Gasteiger partial charge in [0.25, 0.3) is 5.91 Å². The van der Waals surface area contributed by atoms with Gasteiger partial charge in [-0.3, -0.25) is 4.79 Å². The number of carbonyl (C=O) groups is 1. The van der Waals surface area contributed by atoms with Crippen molar-refractivity contribution in [2.45, 2.75) is 19.9 Å². The van der Waals surface area contributed by atoms with E-state index in [0.717, 1.165) is 45.3 Å². The summed E-state index contributed by atoms with van der Waals surface area (Å²) < 4.78 is 2.19. The molecule has 1 aromatic heterocycles. The summed E-state index contributed by atoms with van der Waals surface area (Å²) in [6.07, 6.45) is 5.05. The number of benzene rings is 3. The molecule has 0 bridgehead atoms. The summed E-state index contributed by atoms with van der Waals surface area (Å²) in [4.78, 5) is 15.2. The molecule has 0 spiro atoms. The SMILES string of the molecule is CCCN1C(=O)/C(=C\c2cn(Cc3ccc(Cl)c(Cl)c3)c3ccccc23)c2ccccc21. The number of halogens is 2. The Balaban J connectivity index is 1.60. The van der Waals surface area contributed by atoms with Crippen LogP contribution in [0.1, 0.15) is 30.0 Å². The van der Waals surface area contributed by atoms with Gasteiger partial charge in [0.2, 0.25) is 0 Å². The number of carbonyl (C=O) groups excluding carboxylic acids is 1. The number of anilines is 1. The molecule has 32 heavy (non-hydrogen) atoms. The van der Waals surface area contributed by atoms with Gasteiger partial charge in [-0.25, -0.2) is 0 Å². The van der Waals surface area contributed by atoms with Crippen LogP contribution >= 0.6 is 23.2 Å². The van der Waals surface area contributed by atoms with E-state index in [-0.39, 0.29) is 5.91 Å². The van der Waals surface area contributed by atoms with E-state index in [2.05, 4.69) is 29.8 Å². The Morgan fingerprint density at radius 1 is 0.938 bits per heavy atom. The fourth-order valence-corrected chi connectivity index (χ4v) is 4.72. The highest BCUT2D eigenvalue weighted by molar-refractivity contribution is 6.42. The molecule has 0 atom stereocenters. The summed E-state index contributed by atoms with van der Waals surface area (Å²) in [5.41, 5.74) is 5.92. The first-order valence-electron chi connectivity index (χ1n) is 10.7. The van der Waals surface area contributed by atoms with Crippen LogP contribution in [0.15, 0.2) is 72.9 Å². The smallest absolute Gasteiger partial charge is 0.258 e. The standard InChI is InChI=1S/C27H22Cl2N2O/c1-2-13-31-26-10-6-4-8-21(26)22(27(31)32)15-19-17-30(25-9-5-3-7-20(19)25)16-18-11-12-23(28)24(29)14-18/h3-12,14-15,17H,2,13,16H2,1H3/b22-15-.